The number of aryl methyl sites for hydroxylation is 3. The fraction of sp³-hybridized carbons (Fsp3) is 0.217. The largest absolute Gasteiger partial charge is 0.455 e. The van der Waals surface area contributed by atoms with Gasteiger partial charge >= 0.3 is 0 Å². The molecule has 5 heteroatoms. The van der Waals surface area contributed by atoms with Crippen molar-refractivity contribution < 1.29 is 4.42 Å². The Kier molecular flexibility index (Phi) is 10.6. The van der Waals surface area contributed by atoms with E-state index in [9.17, 15) is 0 Å². The van der Waals surface area contributed by atoms with E-state index in [2.05, 4.69) is 244 Å². The summed E-state index contributed by atoms with van der Waals surface area (Å²) in [5.74, 6) is 0. The maximum atomic E-state index is 6.57. The summed E-state index contributed by atoms with van der Waals surface area (Å²) in [4.78, 5) is 5.25. The number of aromatic nitrogens is 1. The van der Waals surface area contributed by atoms with Crippen LogP contribution in [0.4, 0.5) is 34.1 Å². The number of rotatable bonds is 5. The van der Waals surface area contributed by atoms with Gasteiger partial charge in [0.05, 0.1) is 16.7 Å². The quantitative estimate of drug-likeness (QED) is 0.161. The minimum atomic E-state index is -0.179. The van der Waals surface area contributed by atoms with E-state index in [1.54, 1.807) is 0 Å². The fourth-order valence-electron chi connectivity index (χ4n) is 12.2. The van der Waals surface area contributed by atoms with Crippen LogP contribution in [0.15, 0.2) is 169 Å². The number of furan rings is 1. The van der Waals surface area contributed by atoms with Crippen LogP contribution in [-0.4, -0.2) is 11.3 Å². The molecule has 4 nitrogen and oxygen atoms in total. The van der Waals surface area contributed by atoms with Gasteiger partial charge in [-0.1, -0.05) is 166 Å². The number of allylic oxidation sites excluding steroid dienone is 1. The SMILES string of the molecule is C=C/C(c1cc(C)c(N2c3cc4c(cc3B3c5ccc(C(C)(C)C)cc5N(c5ccc(C(C)(C)C)cc5C)c5cc(C(C)(C)C)cc2c53)c2ccccc2n4-c2ccccc2)c(C)c1)=c1/oc2ccccc2c1=C. The van der Waals surface area contributed by atoms with E-state index in [1.807, 2.05) is 24.3 Å². The molecule has 0 fully saturated rings. The summed E-state index contributed by atoms with van der Waals surface area (Å²) in [6, 6.07) is 57.2. The first-order chi connectivity index (χ1) is 35.2. The molecular formula is C69H66BN3O. The molecule has 8 aromatic carbocycles. The highest BCUT2D eigenvalue weighted by atomic mass is 16.3. The van der Waals surface area contributed by atoms with Crippen molar-refractivity contribution in [2.45, 2.75) is 99.3 Å². The smallest absolute Gasteiger partial charge is 0.252 e. The zero-order valence-electron chi connectivity index (χ0n) is 45.3. The van der Waals surface area contributed by atoms with Crippen LogP contribution in [0.25, 0.3) is 50.6 Å². The standard InChI is InChI=1S/C69H66BN3O/c1-15-50(66-44(5)51-25-20-22-28-63(51)74-66)45-33-42(3)65(43(4)34-45)73-60-40-58-53(52-26-19-21-27-57(52)71(58)49-23-17-16-18-24-49)39-55(60)70-54-31-29-47(68(9,10)11)36-59(54)72(56-32-30-46(35-41(56)2)67(6,7)8)61-37-48(69(12,13)14)38-62(73)64(61)70/h15-40H,1,5H2,2-4,6-14H3/b66-50-. The molecule has 0 saturated heterocycles. The third kappa shape index (κ3) is 7.25. The van der Waals surface area contributed by atoms with Gasteiger partial charge in [-0.15, -0.1) is 0 Å². The zero-order valence-corrected chi connectivity index (χ0v) is 45.3. The molecule has 0 N–H and O–H groups in total. The van der Waals surface area contributed by atoms with Crippen LogP contribution >= 0.6 is 0 Å². The summed E-state index contributed by atoms with van der Waals surface area (Å²) < 4.78 is 9.03. The van der Waals surface area contributed by atoms with Gasteiger partial charge in [-0.05, 0) is 159 Å². The van der Waals surface area contributed by atoms with Gasteiger partial charge in [-0.2, -0.15) is 0 Å². The molecule has 10 aromatic rings. The van der Waals surface area contributed by atoms with Crippen LogP contribution in [0, 0.1) is 20.8 Å². The van der Waals surface area contributed by atoms with Crippen LogP contribution in [-0.2, 0) is 16.2 Å². The van der Waals surface area contributed by atoms with Crippen LogP contribution in [0.5, 0.6) is 0 Å². The third-order valence-electron chi connectivity index (χ3n) is 16.1. The highest BCUT2D eigenvalue weighted by Gasteiger charge is 2.45. The Bertz CT molecular complexity index is 4090. The Morgan fingerprint density at radius 2 is 1.08 bits per heavy atom. The zero-order chi connectivity index (χ0) is 51.9. The summed E-state index contributed by atoms with van der Waals surface area (Å²) in [5.41, 5.74) is 25.5. The lowest BCUT2D eigenvalue weighted by molar-refractivity contribution is 0.573. The number of anilines is 6. The number of hydrogen-bond donors (Lipinski definition) is 0. The second-order valence-corrected chi connectivity index (χ2v) is 24.2. The lowest BCUT2D eigenvalue weighted by atomic mass is 9.33. The fourth-order valence-corrected chi connectivity index (χ4v) is 12.2. The van der Waals surface area contributed by atoms with E-state index >= 15 is 0 Å². The molecule has 0 bridgehead atoms. The average Bonchev–Trinajstić information content (AvgIpc) is 3.87. The molecule has 0 radical (unpaired) electrons. The van der Waals surface area contributed by atoms with Crippen molar-refractivity contribution in [2.24, 2.45) is 0 Å². The Morgan fingerprint density at radius 1 is 0.500 bits per heavy atom. The molecule has 2 aromatic heterocycles. The summed E-state index contributed by atoms with van der Waals surface area (Å²) in [5, 5.41) is 4.37. The molecule has 0 unspecified atom stereocenters. The van der Waals surface area contributed by atoms with Crippen molar-refractivity contribution >= 4 is 102 Å². The van der Waals surface area contributed by atoms with E-state index in [0.717, 1.165) is 55.2 Å². The van der Waals surface area contributed by atoms with Gasteiger partial charge in [0.15, 0.2) is 0 Å². The second-order valence-electron chi connectivity index (χ2n) is 24.2. The molecule has 0 spiro atoms. The van der Waals surface area contributed by atoms with Crippen molar-refractivity contribution in [1.29, 1.82) is 0 Å². The van der Waals surface area contributed by atoms with Gasteiger partial charge in [0, 0.05) is 61.1 Å². The first-order valence-corrected chi connectivity index (χ1v) is 26.3. The number of hydrogen-bond acceptors (Lipinski definition) is 3. The molecule has 0 atom stereocenters. The minimum Gasteiger partial charge on any atom is -0.455 e. The van der Waals surface area contributed by atoms with Crippen LogP contribution in [0.2, 0.25) is 0 Å². The highest BCUT2D eigenvalue weighted by molar-refractivity contribution is 7.00. The Morgan fingerprint density at radius 3 is 1.73 bits per heavy atom. The Hall–Kier alpha value is -7.76. The number of nitrogens with zero attached hydrogens (tertiary/aromatic N) is 3. The summed E-state index contributed by atoms with van der Waals surface area (Å²) in [6.07, 6.45) is 1.93. The first kappa shape index (κ1) is 47.3. The van der Waals surface area contributed by atoms with Crippen LogP contribution in [0.1, 0.15) is 101 Å². The number of benzene rings is 8. The van der Waals surface area contributed by atoms with Crippen molar-refractivity contribution in [1.82, 2.24) is 4.57 Å². The normalized spacial score (nSPS) is 13.9. The van der Waals surface area contributed by atoms with Gasteiger partial charge in [0.25, 0.3) is 6.71 Å². The van der Waals surface area contributed by atoms with Crippen molar-refractivity contribution in [3.63, 3.8) is 0 Å². The van der Waals surface area contributed by atoms with Gasteiger partial charge in [-0.25, -0.2) is 0 Å². The van der Waals surface area contributed by atoms with E-state index < -0.39 is 0 Å². The van der Waals surface area contributed by atoms with Gasteiger partial charge in [0.2, 0.25) is 0 Å². The van der Waals surface area contributed by atoms with Crippen molar-refractivity contribution in [3.8, 4) is 5.69 Å². The lowest BCUT2D eigenvalue weighted by Crippen LogP contribution is -2.61. The topological polar surface area (TPSA) is 24.6 Å². The second kappa shape index (κ2) is 16.6. The van der Waals surface area contributed by atoms with E-state index in [-0.39, 0.29) is 23.0 Å². The molecule has 2 aliphatic heterocycles. The third-order valence-corrected chi connectivity index (χ3v) is 16.1. The van der Waals surface area contributed by atoms with Crippen LogP contribution in [0.3, 0.4) is 0 Å². The predicted octanol–water partition coefficient (Wildman–Crippen LogP) is 15.2. The van der Waals surface area contributed by atoms with E-state index in [4.69, 9.17) is 4.42 Å². The van der Waals surface area contributed by atoms with Crippen molar-refractivity contribution in [3.05, 3.63) is 214 Å². The molecule has 0 saturated carbocycles. The molecule has 12 rings (SSSR count). The van der Waals surface area contributed by atoms with Crippen molar-refractivity contribution in [2.75, 3.05) is 9.80 Å². The maximum absolute atomic E-state index is 6.57. The predicted molar refractivity (Wildman–Crippen MR) is 319 cm³/mol. The van der Waals surface area contributed by atoms with E-state index in [1.165, 1.54) is 88.9 Å². The number of para-hydroxylation sites is 3. The minimum absolute atomic E-state index is 0.00926. The van der Waals surface area contributed by atoms with E-state index in [0.29, 0.717) is 0 Å². The highest BCUT2D eigenvalue weighted by Crippen LogP contribution is 2.50. The average molecular weight is 964 g/mol. The molecule has 74 heavy (non-hydrogen) atoms. The molecule has 366 valence electrons. The Balaban J connectivity index is 1.22. The van der Waals surface area contributed by atoms with Gasteiger partial charge in [-0.3, -0.25) is 0 Å². The maximum Gasteiger partial charge on any atom is 0.252 e. The molecule has 4 heterocycles. The molecule has 2 aliphatic rings. The number of fused-ring (bicyclic) bond motifs is 8. The Labute approximate surface area is 437 Å². The summed E-state index contributed by atoms with van der Waals surface area (Å²) >= 11 is 0. The molecular weight excluding hydrogens is 898 g/mol. The first-order valence-electron chi connectivity index (χ1n) is 26.3. The van der Waals surface area contributed by atoms with Gasteiger partial charge in [0.1, 0.15) is 11.0 Å². The molecule has 0 amide bonds. The molecule has 0 aliphatic carbocycles. The van der Waals surface area contributed by atoms with Crippen LogP contribution < -0.4 is 36.8 Å². The lowest BCUT2D eigenvalue weighted by Gasteiger charge is -2.46. The monoisotopic (exact) mass is 964 g/mol. The summed E-state index contributed by atoms with van der Waals surface area (Å²) in [6.45, 7) is 36.7. The summed E-state index contributed by atoms with van der Waals surface area (Å²) in [7, 11) is 0. The van der Waals surface area contributed by atoms with Gasteiger partial charge < -0.3 is 18.8 Å².